The zero-order chi connectivity index (χ0) is 25.6. The largest absolute Gasteiger partial charge is 0.468 e. The van der Waals surface area contributed by atoms with Gasteiger partial charge >= 0.3 is 12.1 Å². The Bertz CT molecular complexity index is 920. The van der Waals surface area contributed by atoms with E-state index in [0.29, 0.717) is 5.56 Å². The predicted molar refractivity (Wildman–Crippen MR) is 127 cm³/mol. The van der Waals surface area contributed by atoms with Gasteiger partial charge < -0.3 is 25.0 Å². The molecule has 2 rings (SSSR count). The molecule has 9 nitrogen and oxygen atoms in total. The van der Waals surface area contributed by atoms with Crippen molar-refractivity contribution in [1.29, 1.82) is 0 Å². The summed E-state index contributed by atoms with van der Waals surface area (Å²) >= 11 is 0. The number of amides is 3. The molecule has 188 valence electrons. The first-order valence-electron chi connectivity index (χ1n) is 11.6. The second kappa shape index (κ2) is 11.4. The van der Waals surface area contributed by atoms with Crippen LogP contribution < -0.4 is 10.6 Å². The van der Waals surface area contributed by atoms with Gasteiger partial charge in [-0.15, -0.1) is 0 Å². The molecule has 3 amide bonds. The van der Waals surface area contributed by atoms with E-state index in [1.807, 2.05) is 32.0 Å². The van der Waals surface area contributed by atoms with E-state index in [9.17, 15) is 19.2 Å². The van der Waals surface area contributed by atoms with Gasteiger partial charge in [-0.05, 0) is 71.9 Å². The first kappa shape index (κ1) is 27.1. The SMILES string of the molecule is COC(=O)CNC(=O)C(c1ccc(C)cc1C)N(C(=O)C(C)NC(=O)OC(C)(C)C)C1CCC1. The lowest BCUT2D eigenvalue weighted by atomic mass is 9.87. The maximum absolute atomic E-state index is 13.7. The van der Waals surface area contributed by atoms with Crippen LogP contribution in [0.15, 0.2) is 18.2 Å². The second-order valence-electron chi connectivity index (χ2n) is 9.75. The van der Waals surface area contributed by atoms with Gasteiger partial charge in [0.1, 0.15) is 24.2 Å². The van der Waals surface area contributed by atoms with Crippen LogP contribution in [0.4, 0.5) is 4.79 Å². The van der Waals surface area contributed by atoms with Crippen LogP contribution in [0.5, 0.6) is 0 Å². The van der Waals surface area contributed by atoms with Gasteiger partial charge in [0.15, 0.2) is 0 Å². The van der Waals surface area contributed by atoms with Crippen LogP contribution in [0, 0.1) is 13.8 Å². The number of hydrogen-bond acceptors (Lipinski definition) is 6. The Hall–Kier alpha value is -3.10. The summed E-state index contributed by atoms with van der Waals surface area (Å²) in [5.74, 6) is -1.47. The molecule has 9 heteroatoms. The van der Waals surface area contributed by atoms with Crippen LogP contribution in [0.1, 0.15) is 69.7 Å². The molecule has 0 aliphatic heterocycles. The third-order valence-electron chi connectivity index (χ3n) is 5.71. The molecule has 1 fully saturated rings. The fourth-order valence-electron chi connectivity index (χ4n) is 3.83. The summed E-state index contributed by atoms with van der Waals surface area (Å²) < 4.78 is 9.93. The van der Waals surface area contributed by atoms with E-state index in [2.05, 4.69) is 15.4 Å². The summed E-state index contributed by atoms with van der Waals surface area (Å²) in [5, 5.41) is 5.19. The fourth-order valence-corrected chi connectivity index (χ4v) is 3.83. The van der Waals surface area contributed by atoms with Crippen molar-refractivity contribution < 1.29 is 28.7 Å². The molecule has 0 heterocycles. The maximum Gasteiger partial charge on any atom is 0.408 e. The number of carbonyl (C=O) groups excluding carboxylic acids is 4. The highest BCUT2D eigenvalue weighted by Crippen LogP contribution is 2.35. The topological polar surface area (TPSA) is 114 Å². The molecule has 2 unspecified atom stereocenters. The highest BCUT2D eigenvalue weighted by Gasteiger charge is 2.41. The predicted octanol–water partition coefficient (Wildman–Crippen LogP) is 2.93. The van der Waals surface area contributed by atoms with Crippen molar-refractivity contribution in [2.45, 2.75) is 84.5 Å². The zero-order valence-corrected chi connectivity index (χ0v) is 21.2. The molecule has 34 heavy (non-hydrogen) atoms. The van der Waals surface area contributed by atoms with E-state index in [-0.39, 0.29) is 12.6 Å². The molecular formula is C25H37N3O6. The summed E-state index contributed by atoms with van der Waals surface area (Å²) in [5.41, 5.74) is 1.83. The summed E-state index contributed by atoms with van der Waals surface area (Å²) in [6.45, 7) is 10.3. The number of aryl methyl sites for hydroxylation is 2. The zero-order valence-electron chi connectivity index (χ0n) is 21.2. The third kappa shape index (κ3) is 7.20. The number of rotatable bonds is 8. The van der Waals surface area contributed by atoms with E-state index in [1.54, 1.807) is 32.6 Å². The molecule has 1 aromatic carbocycles. The Kier molecular flexibility index (Phi) is 9.06. The van der Waals surface area contributed by atoms with E-state index >= 15 is 0 Å². The van der Waals surface area contributed by atoms with Gasteiger partial charge in [0, 0.05) is 6.04 Å². The fraction of sp³-hybridized carbons (Fsp3) is 0.600. The normalized spacial score (nSPS) is 15.4. The number of nitrogens with zero attached hydrogens (tertiary/aromatic N) is 1. The molecule has 1 aliphatic carbocycles. The molecule has 1 aromatic rings. The molecule has 2 atom stereocenters. The highest BCUT2D eigenvalue weighted by atomic mass is 16.6. The lowest BCUT2D eigenvalue weighted by Crippen LogP contribution is -2.57. The first-order valence-corrected chi connectivity index (χ1v) is 11.6. The van der Waals surface area contributed by atoms with Crippen LogP contribution in [0.25, 0.3) is 0 Å². The van der Waals surface area contributed by atoms with Gasteiger partial charge in [-0.1, -0.05) is 23.8 Å². The van der Waals surface area contributed by atoms with Crippen molar-refractivity contribution in [3.63, 3.8) is 0 Å². The summed E-state index contributed by atoms with van der Waals surface area (Å²) in [4.78, 5) is 52.6. The minimum Gasteiger partial charge on any atom is -0.468 e. The average molecular weight is 476 g/mol. The maximum atomic E-state index is 13.7. The Morgan fingerprint density at radius 3 is 2.29 bits per heavy atom. The standard InChI is InChI=1S/C25H37N3O6/c1-15-11-12-19(16(2)13-15)21(22(30)26-14-20(29)33-7)28(18-9-8-10-18)23(31)17(3)27-24(32)34-25(4,5)6/h11-13,17-18,21H,8-10,14H2,1-7H3,(H,26,30)(H,27,32). The summed E-state index contributed by atoms with van der Waals surface area (Å²) in [6.07, 6.45) is 1.72. The molecular weight excluding hydrogens is 438 g/mol. The van der Waals surface area contributed by atoms with Crippen LogP contribution in [0.3, 0.4) is 0 Å². The monoisotopic (exact) mass is 475 g/mol. The van der Waals surface area contributed by atoms with Gasteiger partial charge in [0.2, 0.25) is 11.8 Å². The molecule has 0 spiro atoms. The number of hydrogen-bond donors (Lipinski definition) is 2. The number of benzene rings is 1. The molecule has 0 radical (unpaired) electrons. The van der Waals surface area contributed by atoms with E-state index in [1.165, 1.54) is 7.11 Å². The Labute approximate surface area is 201 Å². The Balaban J connectivity index is 2.40. The van der Waals surface area contributed by atoms with Gasteiger partial charge in [-0.3, -0.25) is 14.4 Å². The summed E-state index contributed by atoms with van der Waals surface area (Å²) in [7, 11) is 1.24. The van der Waals surface area contributed by atoms with Gasteiger partial charge in [-0.2, -0.15) is 0 Å². The lowest BCUT2D eigenvalue weighted by molar-refractivity contribution is -0.148. The Morgan fingerprint density at radius 2 is 1.79 bits per heavy atom. The number of alkyl carbamates (subject to hydrolysis) is 1. The van der Waals surface area contributed by atoms with Gasteiger partial charge in [-0.25, -0.2) is 4.79 Å². The van der Waals surface area contributed by atoms with Gasteiger partial charge in [0.25, 0.3) is 0 Å². The first-order chi connectivity index (χ1) is 15.8. The highest BCUT2D eigenvalue weighted by molar-refractivity contribution is 5.93. The number of ether oxygens (including phenoxy) is 2. The lowest BCUT2D eigenvalue weighted by Gasteiger charge is -2.43. The van der Waals surface area contributed by atoms with Crippen molar-refractivity contribution in [3.05, 3.63) is 34.9 Å². The van der Waals surface area contributed by atoms with Gasteiger partial charge in [0.05, 0.1) is 7.11 Å². The number of carbonyl (C=O) groups is 4. The minimum atomic E-state index is -0.967. The van der Waals surface area contributed by atoms with Crippen LogP contribution in [0.2, 0.25) is 0 Å². The molecule has 2 N–H and O–H groups in total. The molecule has 1 saturated carbocycles. The molecule has 0 saturated heterocycles. The molecule has 0 aromatic heterocycles. The van der Waals surface area contributed by atoms with Crippen molar-refractivity contribution in [2.24, 2.45) is 0 Å². The number of nitrogens with one attached hydrogen (secondary N) is 2. The minimum absolute atomic E-state index is 0.162. The van der Waals surface area contributed by atoms with Crippen molar-refractivity contribution in [1.82, 2.24) is 15.5 Å². The second-order valence-corrected chi connectivity index (χ2v) is 9.75. The Morgan fingerprint density at radius 1 is 1.15 bits per heavy atom. The molecule has 0 bridgehead atoms. The summed E-state index contributed by atoms with van der Waals surface area (Å²) in [6, 6.07) is 3.61. The van der Waals surface area contributed by atoms with E-state index < -0.39 is 41.6 Å². The van der Waals surface area contributed by atoms with E-state index in [0.717, 1.165) is 30.4 Å². The third-order valence-corrected chi connectivity index (χ3v) is 5.71. The van der Waals surface area contributed by atoms with Crippen molar-refractivity contribution in [2.75, 3.05) is 13.7 Å². The van der Waals surface area contributed by atoms with Crippen molar-refractivity contribution >= 4 is 23.9 Å². The number of methoxy groups -OCH3 is 1. The number of esters is 1. The smallest absolute Gasteiger partial charge is 0.408 e. The van der Waals surface area contributed by atoms with Crippen LogP contribution >= 0.6 is 0 Å². The van der Waals surface area contributed by atoms with E-state index in [4.69, 9.17) is 4.74 Å². The van der Waals surface area contributed by atoms with Crippen LogP contribution in [-0.2, 0) is 23.9 Å². The quantitative estimate of drug-likeness (QED) is 0.559. The average Bonchev–Trinajstić information content (AvgIpc) is 2.69. The van der Waals surface area contributed by atoms with Crippen LogP contribution in [-0.4, -0.2) is 60.1 Å². The van der Waals surface area contributed by atoms with Crippen molar-refractivity contribution in [3.8, 4) is 0 Å². The molecule has 1 aliphatic rings.